The van der Waals surface area contributed by atoms with Crippen LogP contribution in [0.1, 0.15) is 29.7 Å². The van der Waals surface area contributed by atoms with Gasteiger partial charge in [-0.1, -0.05) is 35.9 Å². The highest BCUT2D eigenvalue weighted by atomic mass is 32.2. The van der Waals surface area contributed by atoms with Gasteiger partial charge >= 0.3 is 6.18 Å². The molecule has 0 unspecified atom stereocenters. The summed E-state index contributed by atoms with van der Waals surface area (Å²) in [6, 6.07) is 14.3. The number of amides is 1. The molecule has 0 heterocycles. The molecule has 5 nitrogen and oxygen atoms in total. The summed E-state index contributed by atoms with van der Waals surface area (Å²) in [4.78, 5) is 12.6. The average molecular weight is 495 g/mol. The van der Waals surface area contributed by atoms with E-state index in [1.807, 2.05) is 0 Å². The number of benzene rings is 3. The summed E-state index contributed by atoms with van der Waals surface area (Å²) in [6.07, 6.45) is -4.70. The van der Waals surface area contributed by atoms with Crippen molar-refractivity contribution in [2.45, 2.75) is 31.0 Å². The zero-order valence-electron chi connectivity index (χ0n) is 18.3. The van der Waals surface area contributed by atoms with Crippen LogP contribution >= 0.6 is 0 Å². The van der Waals surface area contributed by atoms with Gasteiger partial charge in [0, 0.05) is 0 Å². The van der Waals surface area contributed by atoms with Gasteiger partial charge in [-0.15, -0.1) is 0 Å². The Balaban J connectivity index is 1.95. The molecule has 0 saturated heterocycles. The lowest BCUT2D eigenvalue weighted by atomic mass is 10.1. The fourth-order valence-electron chi connectivity index (χ4n) is 3.24. The number of halogens is 4. The predicted molar refractivity (Wildman–Crippen MR) is 120 cm³/mol. The zero-order chi connectivity index (χ0) is 25.1. The minimum Gasteiger partial charge on any atom is -0.348 e. The molecule has 0 spiro atoms. The Morgan fingerprint density at radius 1 is 1.00 bits per heavy atom. The maximum atomic E-state index is 13.4. The van der Waals surface area contributed by atoms with E-state index in [2.05, 4.69) is 5.32 Å². The van der Waals surface area contributed by atoms with Crippen LogP contribution in [-0.4, -0.2) is 20.9 Å². The van der Waals surface area contributed by atoms with E-state index in [1.165, 1.54) is 42.5 Å². The van der Waals surface area contributed by atoms with Gasteiger partial charge in [-0.2, -0.15) is 13.2 Å². The Morgan fingerprint density at radius 3 is 2.21 bits per heavy atom. The lowest BCUT2D eigenvalue weighted by Crippen LogP contribution is -2.41. The summed E-state index contributed by atoms with van der Waals surface area (Å²) in [7, 11) is -4.38. The fraction of sp³-hybridized carbons (Fsp3) is 0.208. The van der Waals surface area contributed by atoms with Crippen LogP contribution in [0, 0.1) is 12.7 Å². The minimum atomic E-state index is -4.70. The van der Waals surface area contributed by atoms with Crippen molar-refractivity contribution in [1.29, 1.82) is 0 Å². The van der Waals surface area contributed by atoms with E-state index in [0.717, 1.165) is 17.7 Å². The highest BCUT2D eigenvalue weighted by molar-refractivity contribution is 7.92. The van der Waals surface area contributed by atoms with Crippen LogP contribution in [0.4, 0.5) is 23.2 Å². The molecule has 34 heavy (non-hydrogen) atoms. The van der Waals surface area contributed by atoms with E-state index in [1.54, 1.807) is 26.0 Å². The Morgan fingerprint density at radius 2 is 1.62 bits per heavy atom. The molecule has 10 heteroatoms. The number of hydrogen-bond acceptors (Lipinski definition) is 3. The SMILES string of the molecule is Cc1ccc(S(=O)(=O)N(CC(=O)N[C@@H](C)c2ccc(F)cc2)c2cccc(C(F)(F)F)c2)cc1. The number of hydrogen-bond donors (Lipinski definition) is 1. The quantitative estimate of drug-likeness (QED) is 0.458. The second kappa shape index (κ2) is 9.84. The van der Waals surface area contributed by atoms with E-state index >= 15 is 0 Å². The molecule has 0 saturated carbocycles. The summed E-state index contributed by atoms with van der Waals surface area (Å²) < 4.78 is 80.3. The lowest BCUT2D eigenvalue weighted by Gasteiger charge is -2.26. The van der Waals surface area contributed by atoms with E-state index in [0.29, 0.717) is 15.9 Å². The summed E-state index contributed by atoms with van der Waals surface area (Å²) >= 11 is 0. The number of alkyl halides is 3. The van der Waals surface area contributed by atoms with Crippen molar-refractivity contribution in [2.75, 3.05) is 10.8 Å². The van der Waals surface area contributed by atoms with Gasteiger partial charge in [0.2, 0.25) is 5.91 Å². The molecule has 0 aliphatic heterocycles. The number of nitrogens with one attached hydrogen (secondary N) is 1. The number of nitrogens with zero attached hydrogens (tertiary/aromatic N) is 1. The van der Waals surface area contributed by atoms with Gasteiger partial charge in [0.1, 0.15) is 12.4 Å². The lowest BCUT2D eigenvalue weighted by molar-refractivity contribution is -0.137. The van der Waals surface area contributed by atoms with Crippen LogP contribution < -0.4 is 9.62 Å². The second-order valence-corrected chi connectivity index (χ2v) is 9.58. The Kier molecular flexibility index (Phi) is 7.30. The van der Waals surface area contributed by atoms with Crippen molar-refractivity contribution >= 4 is 21.6 Å². The number of rotatable bonds is 7. The molecule has 0 aliphatic carbocycles. The largest absolute Gasteiger partial charge is 0.416 e. The first-order chi connectivity index (χ1) is 15.9. The molecule has 0 aromatic heterocycles. The molecule has 0 aliphatic rings. The Bertz CT molecular complexity index is 1260. The average Bonchev–Trinajstić information content (AvgIpc) is 2.77. The van der Waals surface area contributed by atoms with Crippen LogP contribution in [0.5, 0.6) is 0 Å². The number of aryl methyl sites for hydroxylation is 1. The highest BCUT2D eigenvalue weighted by Gasteiger charge is 2.33. The van der Waals surface area contributed by atoms with Gasteiger partial charge in [-0.25, -0.2) is 12.8 Å². The summed E-state index contributed by atoms with van der Waals surface area (Å²) in [5.41, 5.74) is 0.00590. The second-order valence-electron chi connectivity index (χ2n) is 7.71. The van der Waals surface area contributed by atoms with Gasteiger partial charge in [0.05, 0.1) is 22.2 Å². The fourth-order valence-corrected chi connectivity index (χ4v) is 4.66. The summed E-state index contributed by atoms with van der Waals surface area (Å²) in [6.45, 7) is 2.61. The molecule has 3 aromatic carbocycles. The maximum absolute atomic E-state index is 13.4. The summed E-state index contributed by atoms with van der Waals surface area (Å²) in [5, 5.41) is 2.60. The van der Waals surface area contributed by atoms with E-state index < -0.39 is 46.1 Å². The monoisotopic (exact) mass is 494 g/mol. The third-order valence-electron chi connectivity index (χ3n) is 5.11. The highest BCUT2D eigenvalue weighted by Crippen LogP contribution is 2.33. The van der Waals surface area contributed by atoms with Crippen molar-refractivity contribution in [2.24, 2.45) is 0 Å². The van der Waals surface area contributed by atoms with Crippen molar-refractivity contribution in [3.63, 3.8) is 0 Å². The van der Waals surface area contributed by atoms with Crippen molar-refractivity contribution in [3.05, 3.63) is 95.3 Å². The third kappa shape index (κ3) is 5.93. The van der Waals surface area contributed by atoms with Crippen LogP contribution in [0.15, 0.2) is 77.7 Å². The van der Waals surface area contributed by atoms with Crippen LogP contribution in [0.2, 0.25) is 0 Å². The maximum Gasteiger partial charge on any atom is 0.416 e. The van der Waals surface area contributed by atoms with Crippen molar-refractivity contribution in [1.82, 2.24) is 5.32 Å². The van der Waals surface area contributed by atoms with E-state index in [4.69, 9.17) is 0 Å². The number of sulfonamides is 1. The molecule has 3 rings (SSSR count). The molecule has 1 atom stereocenters. The van der Waals surface area contributed by atoms with Gasteiger partial charge < -0.3 is 5.32 Å². The first-order valence-corrected chi connectivity index (χ1v) is 11.6. The smallest absolute Gasteiger partial charge is 0.348 e. The number of carbonyl (C=O) groups is 1. The molecule has 3 aromatic rings. The molecule has 0 bridgehead atoms. The first-order valence-electron chi connectivity index (χ1n) is 10.2. The Hall–Kier alpha value is -3.40. The standard InChI is InChI=1S/C24H22F4N2O3S/c1-16-6-12-22(13-7-16)34(32,33)30(21-5-3-4-19(14-21)24(26,27)28)15-23(31)29-17(2)18-8-10-20(25)11-9-18/h3-14,17H,15H2,1-2H3,(H,29,31)/t17-/m0/s1. The molecule has 1 amide bonds. The Labute approximate surface area is 195 Å². The van der Waals surface area contributed by atoms with Gasteiger partial charge in [0.25, 0.3) is 10.0 Å². The number of carbonyl (C=O) groups excluding carboxylic acids is 1. The van der Waals surface area contributed by atoms with Crippen LogP contribution in [-0.2, 0) is 21.0 Å². The minimum absolute atomic E-state index is 0.171. The molecule has 0 fully saturated rings. The van der Waals surface area contributed by atoms with Crippen LogP contribution in [0.3, 0.4) is 0 Å². The summed E-state index contributed by atoms with van der Waals surface area (Å²) in [5.74, 6) is -1.20. The zero-order valence-corrected chi connectivity index (χ0v) is 19.1. The predicted octanol–water partition coefficient (Wildman–Crippen LogP) is 5.23. The topological polar surface area (TPSA) is 66.5 Å². The van der Waals surface area contributed by atoms with Crippen molar-refractivity contribution < 1.29 is 30.8 Å². The molecule has 180 valence electrons. The number of anilines is 1. The molecular weight excluding hydrogens is 472 g/mol. The van der Waals surface area contributed by atoms with E-state index in [-0.39, 0.29) is 10.6 Å². The van der Waals surface area contributed by atoms with Crippen LogP contribution in [0.25, 0.3) is 0 Å². The molecule has 1 N–H and O–H groups in total. The van der Waals surface area contributed by atoms with Gasteiger partial charge in [0.15, 0.2) is 0 Å². The van der Waals surface area contributed by atoms with Gasteiger partial charge in [-0.05, 0) is 61.9 Å². The third-order valence-corrected chi connectivity index (χ3v) is 6.89. The van der Waals surface area contributed by atoms with E-state index in [9.17, 15) is 30.8 Å². The first kappa shape index (κ1) is 25.2. The molecular formula is C24H22F4N2O3S. The molecule has 0 radical (unpaired) electrons. The van der Waals surface area contributed by atoms with Crippen molar-refractivity contribution in [3.8, 4) is 0 Å². The normalized spacial score (nSPS) is 12.8. The van der Waals surface area contributed by atoms with Gasteiger partial charge in [-0.3, -0.25) is 9.10 Å².